The molecule has 6 nitrogen and oxygen atoms in total. The van der Waals surface area contributed by atoms with Crippen molar-refractivity contribution < 1.29 is 26.7 Å². The SMILES string of the molecule is O=C(COc1ccc(Cl)c(F)c1)NC12CC(NS(=O)(=O)Cc3ccccc3F)(C1)C2. The predicted octanol–water partition coefficient (Wildman–Crippen LogP) is 2.91. The quantitative estimate of drug-likeness (QED) is 0.639. The van der Waals surface area contributed by atoms with Gasteiger partial charge < -0.3 is 10.1 Å². The minimum Gasteiger partial charge on any atom is -0.484 e. The van der Waals surface area contributed by atoms with E-state index >= 15 is 0 Å². The lowest BCUT2D eigenvalue weighted by Gasteiger charge is -2.70. The van der Waals surface area contributed by atoms with Gasteiger partial charge in [0, 0.05) is 22.7 Å². The van der Waals surface area contributed by atoms with Crippen molar-refractivity contribution in [3.63, 3.8) is 0 Å². The Morgan fingerprint density at radius 1 is 1.07 bits per heavy atom. The number of nitrogens with one attached hydrogen (secondary N) is 2. The summed E-state index contributed by atoms with van der Waals surface area (Å²) < 4.78 is 59.8. The van der Waals surface area contributed by atoms with Gasteiger partial charge in [-0.3, -0.25) is 4.79 Å². The number of carbonyl (C=O) groups is 1. The topological polar surface area (TPSA) is 84.5 Å². The molecular formula is C20H19ClF2N2O4S. The molecule has 2 bridgehead atoms. The van der Waals surface area contributed by atoms with E-state index in [0.29, 0.717) is 19.3 Å². The molecule has 2 aromatic carbocycles. The van der Waals surface area contributed by atoms with Gasteiger partial charge in [-0.1, -0.05) is 29.8 Å². The van der Waals surface area contributed by atoms with Crippen LogP contribution in [-0.2, 0) is 20.6 Å². The first-order chi connectivity index (χ1) is 14.1. The highest BCUT2D eigenvalue weighted by Gasteiger charge is 2.69. The number of ether oxygens (including phenoxy) is 1. The zero-order valence-corrected chi connectivity index (χ0v) is 17.3. The summed E-state index contributed by atoms with van der Waals surface area (Å²) in [7, 11) is -3.72. The Morgan fingerprint density at radius 2 is 1.77 bits per heavy atom. The van der Waals surface area contributed by atoms with E-state index in [1.165, 1.54) is 30.3 Å². The first-order valence-corrected chi connectivity index (χ1v) is 11.3. The molecule has 0 spiro atoms. The summed E-state index contributed by atoms with van der Waals surface area (Å²) in [6.07, 6.45) is 1.37. The summed E-state index contributed by atoms with van der Waals surface area (Å²) in [5.74, 6) is -1.84. The molecule has 0 saturated heterocycles. The molecule has 2 aromatic rings. The van der Waals surface area contributed by atoms with Crippen LogP contribution < -0.4 is 14.8 Å². The normalized spacial score (nSPS) is 24.5. The van der Waals surface area contributed by atoms with Crippen LogP contribution in [0.15, 0.2) is 42.5 Å². The zero-order valence-electron chi connectivity index (χ0n) is 15.8. The summed E-state index contributed by atoms with van der Waals surface area (Å²) >= 11 is 5.60. The molecule has 0 aromatic heterocycles. The minimum absolute atomic E-state index is 0.0385. The third kappa shape index (κ3) is 4.28. The Morgan fingerprint density at radius 3 is 2.43 bits per heavy atom. The molecule has 3 aliphatic carbocycles. The zero-order chi connectivity index (χ0) is 21.6. The van der Waals surface area contributed by atoms with Gasteiger partial charge in [-0.25, -0.2) is 21.9 Å². The van der Waals surface area contributed by atoms with Crippen molar-refractivity contribution >= 4 is 27.5 Å². The summed E-state index contributed by atoms with van der Waals surface area (Å²) in [5.41, 5.74) is -0.959. The molecule has 5 rings (SSSR count). The Labute approximate surface area is 177 Å². The summed E-state index contributed by atoms with van der Waals surface area (Å²) in [6, 6.07) is 9.62. The van der Waals surface area contributed by atoms with Crippen molar-refractivity contribution in [2.45, 2.75) is 36.1 Å². The Kier molecular flexibility index (Phi) is 5.24. The number of halogens is 3. The van der Waals surface area contributed by atoms with Crippen LogP contribution in [0.2, 0.25) is 5.02 Å². The van der Waals surface area contributed by atoms with Gasteiger partial charge in [0.2, 0.25) is 10.0 Å². The smallest absolute Gasteiger partial charge is 0.258 e. The lowest BCUT2D eigenvalue weighted by molar-refractivity contribution is -0.139. The summed E-state index contributed by atoms with van der Waals surface area (Å²) in [6.45, 7) is -0.297. The van der Waals surface area contributed by atoms with Crippen LogP contribution in [0.1, 0.15) is 24.8 Å². The highest BCUT2D eigenvalue weighted by molar-refractivity contribution is 7.88. The molecule has 0 heterocycles. The molecule has 0 unspecified atom stereocenters. The van der Waals surface area contributed by atoms with Gasteiger partial charge in [-0.2, -0.15) is 0 Å². The number of rotatable bonds is 8. The van der Waals surface area contributed by atoms with E-state index in [1.807, 2.05) is 0 Å². The van der Waals surface area contributed by atoms with Crippen LogP contribution in [0.5, 0.6) is 5.75 Å². The maximum Gasteiger partial charge on any atom is 0.258 e. The Balaban J connectivity index is 1.25. The van der Waals surface area contributed by atoms with E-state index in [-0.39, 0.29) is 28.8 Å². The van der Waals surface area contributed by atoms with Gasteiger partial charge in [0.05, 0.1) is 10.8 Å². The highest BCUT2D eigenvalue weighted by atomic mass is 35.5. The monoisotopic (exact) mass is 456 g/mol. The molecular weight excluding hydrogens is 438 g/mol. The summed E-state index contributed by atoms with van der Waals surface area (Å²) in [5, 5.41) is 2.81. The van der Waals surface area contributed by atoms with Gasteiger partial charge >= 0.3 is 0 Å². The van der Waals surface area contributed by atoms with E-state index in [2.05, 4.69) is 10.0 Å². The van der Waals surface area contributed by atoms with Gasteiger partial charge in [0.15, 0.2) is 6.61 Å². The van der Waals surface area contributed by atoms with Gasteiger partial charge in [0.25, 0.3) is 5.91 Å². The van der Waals surface area contributed by atoms with E-state index in [1.54, 1.807) is 6.07 Å². The van der Waals surface area contributed by atoms with Crippen LogP contribution in [0, 0.1) is 11.6 Å². The summed E-state index contributed by atoms with van der Waals surface area (Å²) in [4.78, 5) is 12.1. The van der Waals surface area contributed by atoms with Crippen LogP contribution in [-0.4, -0.2) is 32.0 Å². The lowest BCUT2D eigenvalue weighted by atomic mass is 9.44. The third-order valence-electron chi connectivity index (χ3n) is 5.37. The van der Waals surface area contributed by atoms with E-state index < -0.39 is 38.5 Å². The number of carbonyl (C=O) groups excluding carboxylic acids is 1. The van der Waals surface area contributed by atoms with E-state index in [0.717, 1.165) is 6.07 Å². The maximum atomic E-state index is 13.7. The van der Waals surface area contributed by atoms with Crippen LogP contribution >= 0.6 is 11.6 Å². The molecule has 30 heavy (non-hydrogen) atoms. The van der Waals surface area contributed by atoms with Crippen LogP contribution in [0.4, 0.5) is 8.78 Å². The average molecular weight is 457 g/mol. The molecule has 0 aliphatic heterocycles. The van der Waals surface area contributed by atoms with Crippen LogP contribution in [0.25, 0.3) is 0 Å². The molecule has 3 saturated carbocycles. The van der Waals surface area contributed by atoms with Crippen LogP contribution in [0.3, 0.4) is 0 Å². The fourth-order valence-corrected chi connectivity index (χ4v) is 5.97. The van der Waals surface area contributed by atoms with Crippen molar-refractivity contribution in [2.75, 3.05) is 6.61 Å². The van der Waals surface area contributed by atoms with Crippen molar-refractivity contribution in [1.29, 1.82) is 0 Å². The number of sulfonamides is 1. The number of hydrogen-bond acceptors (Lipinski definition) is 4. The molecule has 2 N–H and O–H groups in total. The predicted molar refractivity (Wildman–Crippen MR) is 107 cm³/mol. The highest BCUT2D eigenvalue weighted by Crippen LogP contribution is 2.60. The Bertz CT molecular complexity index is 1090. The molecule has 3 fully saturated rings. The molecule has 0 atom stereocenters. The van der Waals surface area contributed by atoms with E-state index in [4.69, 9.17) is 16.3 Å². The first kappa shape index (κ1) is 21.0. The number of hydrogen-bond donors (Lipinski definition) is 2. The maximum absolute atomic E-state index is 13.7. The van der Waals surface area contributed by atoms with Gasteiger partial charge in [-0.15, -0.1) is 0 Å². The largest absolute Gasteiger partial charge is 0.484 e. The fourth-order valence-electron chi connectivity index (χ4n) is 4.26. The van der Waals surface area contributed by atoms with Crippen molar-refractivity contribution in [2.24, 2.45) is 0 Å². The molecule has 1 amide bonds. The molecule has 160 valence electrons. The lowest BCUT2D eigenvalue weighted by Crippen LogP contribution is -2.83. The van der Waals surface area contributed by atoms with Crippen molar-refractivity contribution in [3.05, 3.63) is 64.7 Å². The first-order valence-electron chi connectivity index (χ1n) is 9.23. The van der Waals surface area contributed by atoms with E-state index in [9.17, 15) is 22.0 Å². The average Bonchev–Trinajstić information content (AvgIpc) is 2.61. The second kappa shape index (κ2) is 7.47. The second-order valence-corrected chi connectivity index (χ2v) is 10.1. The second-order valence-electron chi connectivity index (χ2n) is 7.96. The van der Waals surface area contributed by atoms with Gasteiger partial charge in [-0.05, 0) is 37.5 Å². The standard InChI is InChI=1S/C20H19ClF2N2O4S/c21-15-6-5-14(7-17(15)23)29-8-18(26)24-19-10-20(11-19,12-19)25-30(27,28)9-13-3-1-2-4-16(13)22/h1-7,25H,8-12H2,(H,24,26). The van der Waals surface area contributed by atoms with Crippen molar-refractivity contribution in [1.82, 2.24) is 10.0 Å². The number of benzene rings is 2. The van der Waals surface area contributed by atoms with Gasteiger partial charge in [0.1, 0.15) is 17.4 Å². The minimum atomic E-state index is -3.72. The fraction of sp³-hybridized carbons (Fsp3) is 0.350. The third-order valence-corrected chi connectivity index (χ3v) is 7.11. The molecule has 0 radical (unpaired) electrons. The molecule has 10 heteroatoms. The molecule has 3 aliphatic rings. The Hall–Kier alpha value is -2.23. The van der Waals surface area contributed by atoms with Crippen molar-refractivity contribution in [3.8, 4) is 5.75 Å². The number of amides is 1.